The summed E-state index contributed by atoms with van der Waals surface area (Å²) in [7, 11) is 0. The number of carbonyl (C=O) groups excluding carboxylic acids is 3. The molecule has 194 valence electrons. The zero-order valence-corrected chi connectivity index (χ0v) is 21.8. The van der Waals surface area contributed by atoms with Crippen molar-refractivity contribution in [2.24, 2.45) is 0 Å². The largest absolute Gasteiger partial charge is 0.389 e. The second-order valence-corrected chi connectivity index (χ2v) is 10.4. The molecule has 0 radical (unpaired) electrons. The zero-order valence-electron chi connectivity index (χ0n) is 21.0. The van der Waals surface area contributed by atoms with E-state index in [0.717, 1.165) is 16.7 Å². The van der Waals surface area contributed by atoms with Crippen LogP contribution in [0.5, 0.6) is 0 Å². The van der Waals surface area contributed by atoms with Crippen molar-refractivity contribution in [2.75, 3.05) is 0 Å². The quantitative estimate of drug-likeness (QED) is 0.372. The minimum Gasteiger partial charge on any atom is -0.389 e. The summed E-state index contributed by atoms with van der Waals surface area (Å²) in [5.74, 6) is -2.00. The molecule has 8 heteroatoms. The monoisotopic (exact) mass is 528 g/mol. The van der Waals surface area contributed by atoms with Gasteiger partial charge in [-0.25, -0.2) is 4.79 Å². The molecule has 3 aromatic carbocycles. The topological polar surface area (TPSA) is 95.9 Å². The van der Waals surface area contributed by atoms with Crippen LogP contribution in [0.1, 0.15) is 36.5 Å². The average Bonchev–Trinajstić information content (AvgIpc) is 2.94. The summed E-state index contributed by atoms with van der Waals surface area (Å²) in [5.41, 5.74) is 4.12. The summed E-state index contributed by atoms with van der Waals surface area (Å²) in [4.78, 5) is 45.8. The third-order valence-corrected chi connectivity index (χ3v) is 8.40. The third kappa shape index (κ3) is 4.19. The number of aliphatic hydroxyl groups excluding tert-OH is 1. The number of β-lactam (4-membered cyclic amide) rings is 1. The van der Waals surface area contributed by atoms with Crippen molar-refractivity contribution in [2.45, 2.75) is 42.7 Å². The van der Waals surface area contributed by atoms with E-state index in [9.17, 15) is 19.5 Å². The molecule has 7 nitrogen and oxygen atoms in total. The number of hydrogen-bond acceptors (Lipinski definition) is 6. The SMILES string of the molecule is CC(=O)NOC(=O)C1C(C(C)O)=CS[C@@H]2N1C(=O)[C@]2(c1ccccc1)C(c1ccccc1)c1ccccc1. The summed E-state index contributed by atoms with van der Waals surface area (Å²) in [6.07, 6.45) is -1.00. The van der Waals surface area contributed by atoms with Gasteiger partial charge >= 0.3 is 5.97 Å². The van der Waals surface area contributed by atoms with Crippen LogP contribution in [-0.2, 0) is 24.6 Å². The first-order valence-corrected chi connectivity index (χ1v) is 13.3. The van der Waals surface area contributed by atoms with E-state index in [4.69, 9.17) is 4.84 Å². The van der Waals surface area contributed by atoms with Crippen LogP contribution < -0.4 is 5.48 Å². The van der Waals surface area contributed by atoms with E-state index in [1.165, 1.54) is 30.5 Å². The van der Waals surface area contributed by atoms with E-state index in [1.54, 1.807) is 5.41 Å². The Balaban J connectivity index is 1.70. The number of nitrogens with one attached hydrogen (secondary N) is 1. The van der Waals surface area contributed by atoms with E-state index in [-0.39, 0.29) is 11.8 Å². The normalized spacial score (nSPS) is 23.1. The van der Waals surface area contributed by atoms with Crippen LogP contribution in [0.25, 0.3) is 0 Å². The molecule has 2 heterocycles. The number of amides is 2. The molecule has 0 spiro atoms. The number of fused-ring (bicyclic) bond motifs is 1. The molecule has 2 unspecified atom stereocenters. The number of aliphatic hydroxyl groups is 1. The minimum absolute atomic E-state index is 0.255. The van der Waals surface area contributed by atoms with E-state index < -0.39 is 34.8 Å². The summed E-state index contributed by atoms with van der Waals surface area (Å²) < 4.78 is 0. The Bertz CT molecular complexity index is 1320. The third-order valence-electron chi connectivity index (χ3n) is 7.13. The molecule has 0 saturated carbocycles. The van der Waals surface area contributed by atoms with Gasteiger partial charge in [0.05, 0.1) is 6.10 Å². The van der Waals surface area contributed by atoms with E-state index in [1.807, 2.05) is 91.0 Å². The lowest BCUT2D eigenvalue weighted by atomic mass is 9.59. The fraction of sp³-hybridized carbons (Fsp3) is 0.233. The fourth-order valence-electron chi connectivity index (χ4n) is 5.55. The van der Waals surface area contributed by atoms with Crippen molar-refractivity contribution in [3.8, 4) is 0 Å². The Morgan fingerprint density at radius 1 is 0.947 bits per heavy atom. The Kier molecular flexibility index (Phi) is 7.10. The molecule has 2 N–H and O–H groups in total. The van der Waals surface area contributed by atoms with Gasteiger partial charge < -0.3 is 14.8 Å². The molecular weight excluding hydrogens is 500 g/mol. The molecule has 0 bridgehead atoms. The molecule has 4 atom stereocenters. The molecule has 0 aromatic heterocycles. The van der Waals surface area contributed by atoms with Gasteiger partial charge in [-0.15, -0.1) is 11.8 Å². The van der Waals surface area contributed by atoms with Crippen molar-refractivity contribution < 1.29 is 24.3 Å². The van der Waals surface area contributed by atoms with Gasteiger partial charge in [0.1, 0.15) is 10.8 Å². The molecular formula is C30H28N2O5S. The van der Waals surface area contributed by atoms with Crippen LogP contribution >= 0.6 is 11.8 Å². The highest BCUT2D eigenvalue weighted by atomic mass is 32.2. The molecule has 1 fully saturated rings. The van der Waals surface area contributed by atoms with Crippen molar-refractivity contribution in [1.82, 2.24) is 10.4 Å². The maximum atomic E-state index is 14.6. The van der Waals surface area contributed by atoms with Crippen LogP contribution in [0.15, 0.2) is 102 Å². The fourth-order valence-corrected chi connectivity index (χ4v) is 7.10. The Labute approximate surface area is 225 Å². The minimum atomic E-state index is -1.18. The maximum Gasteiger partial charge on any atom is 0.358 e. The molecule has 1 saturated heterocycles. The van der Waals surface area contributed by atoms with E-state index in [0.29, 0.717) is 5.57 Å². The highest BCUT2D eigenvalue weighted by Gasteiger charge is 2.69. The summed E-state index contributed by atoms with van der Waals surface area (Å²) in [5, 5.41) is 11.8. The first-order valence-electron chi connectivity index (χ1n) is 12.4. The first-order chi connectivity index (χ1) is 18.4. The van der Waals surface area contributed by atoms with Crippen LogP contribution in [0.4, 0.5) is 0 Å². The molecule has 0 aliphatic carbocycles. The second-order valence-electron chi connectivity index (χ2n) is 9.47. The van der Waals surface area contributed by atoms with Crippen LogP contribution in [0.2, 0.25) is 0 Å². The number of hydroxylamine groups is 1. The Morgan fingerprint density at radius 2 is 1.47 bits per heavy atom. The van der Waals surface area contributed by atoms with Gasteiger partial charge in [-0.05, 0) is 34.6 Å². The zero-order chi connectivity index (χ0) is 26.9. The van der Waals surface area contributed by atoms with Gasteiger partial charge in [0.25, 0.3) is 0 Å². The van der Waals surface area contributed by atoms with Crippen LogP contribution in [0, 0.1) is 0 Å². The summed E-state index contributed by atoms with van der Waals surface area (Å²) >= 11 is 1.41. The van der Waals surface area contributed by atoms with Crippen LogP contribution in [0.3, 0.4) is 0 Å². The van der Waals surface area contributed by atoms with Gasteiger partial charge in [0.2, 0.25) is 11.8 Å². The number of nitrogens with zero attached hydrogens (tertiary/aromatic N) is 1. The molecule has 2 aliphatic rings. The number of benzene rings is 3. The van der Waals surface area contributed by atoms with Gasteiger partial charge in [-0.2, -0.15) is 5.48 Å². The molecule has 5 rings (SSSR count). The predicted octanol–water partition coefficient (Wildman–Crippen LogP) is 3.90. The predicted molar refractivity (Wildman–Crippen MR) is 145 cm³/mol. The van der Waals surface area contributed by atoms with Crippen molar-refractivity contribution in [3.05, 3.63) is 119 Å². The first kappa shape index (κ1) is 25.8. The van der Waals surface area contributed by atoms with Gasteiger partial charge in [-0.1, -0.05) is 91.0 Å². The lowest BCUT2D eigenvalue weighted by Crippen LogP contribution is -2.77. The summed E-state index contributed by atoms with van der Waals surface area (Å²) in [6.45, 7) is 2.76. The number of carbonyl (C=O) groups is 3. The van der Waals surface area contributed by atoms with Gasteiger partial charge in [0.15, 0.2) is 6.04 Å². The Hall–Kier alpha value is -3.88. The van der Waals surface area contributed by atoms with Crippen molar-refractivity contribution in [3.63, 3.8) is 0 Å². The molecule has 2 amide bonds. The van der Waals surface area contributed by atoms with Gasteiger partial charge in [-0.3, -0.25) is 9.59 Å². The van der Waals surface area contributed by atoms with E-state index in [2.05, 4.69) is 5.48 Å². The molecule has 3 aromatic rings. The van der Waals surface area contributed by atoms with Crippen LogP contribution in [-0.4, -0.2) is 45.3 Å². The summed E-state index contributed by atoms with van der Waals surface area (Å²) in [6, 6.07) is 28.2. The highest BCUT2D eigenvalue weighted by molar-refractivity contribution is 8.03. The van der Waals surface area contributed by atoms with Crippen molar-refractivity contribution in [1.29, 1.82) is 0 Å². The Morgan fingerprint density at radius 3 is 1.97 bits per heavy atom. The maximum absolute atomic E-state index is 14.6. The number of thioether (sulfide) groups is 1. The molecule has 38 heavy (non-hydrogen) atoms. The number of rotatable bonds is 6. The average molecular weight is 529 g/mol. The number of hydrogen-bond donors (Lipinski definition) is 2. The standard InChI is InChI=1S/C30H28N2O5S/c1-19(33)24-18-38-29-30(23-16-10-5-11-17-23,28(36)32(29)26(24)27(35)37-31-20(2)34)25(21-12-6-3-7-13-21)22-14-8-4-9-15-22/h3-19,25-26,29,33H,1-2H3,(H,31,34)/t19?,26?,29-,30-/m0/s1. The molecule has 2 aliphatic heterocycles. The van der Waals surface area contributed by atoms with E-state index >= 15 is 0 Å². The lowest BCUT2D eigenvalue weighted by Gasteiger charge is -2.62. The lowest BCUT2D eigenvalue weighted by molar-refractivity contribution is -0.174. The van der Waals surface area contributed by atoms with Gasteiger partial charge in [0, 0.05) is 12.8 Å². The second kappa shape index (κ2) is 10.5. The smallest absolute Gasteiger partial charge is 0.358 e. The van der Waals surface area contributed by atoms with Crippen molar-refractivity contribution >= 4 is 29.5 Å². The highest BCUT2D eigenvalue weighted by Crippen LogP contribution is 2.60.